The molecule has 0 saturated carbocycles. The van der Waals surface area contributed by atoms with Crippen molar-refractivity contribution in [2.75, 3.05) is 38.2 Å². The van der Waals surface area contributed by atoms with Crippen LogP contribution in [0.25, 0.3) is 0 Å². The number of nitrogens with zero attached hydrogens (tertiary/aromatic N) is 2. The summed E-state index contributed by atoms with van der Waals surface area (Å²) < 4.78 is 11.7. The molecular formula is C18H27N3O3. The van der Waals surface area contributed by atoms with E-state index in [4.69, 9.17) is 9.47 Å². The average molecular weight is 333 g/mol. The number of aromatic nitrogens is 1. The number of likely N-dealkylation sites (tertiary alicyclic amines) is 1. The van der Waals surface area contributed by atoms with Crippen LogP contribution in [-0.4, -0.2) is 60.3 Å². The van der Waals surface area contributed by atoms with Crippen LogP contribution in [0.4, 0.5) is 5.82 Å². The van der Waals surface area contributed by atoms with Gasteiger partial charge in [-0.1, -0.05) is 6.07 Å². The maximum atomic E-state index is 12.1. The second-order valence-corrected chi connectivity index (χ2v) is 6.61. The number of amides is 1. The predicted octanol–water partition coefficient (Wildman–Crippen LogP) is 2.07. The van der Waals surface area contributed by atoms with Crippen molar-refractivity contribution in [3.8, 4) is 0 Å². The van der Waals surface area contributed by atoms with E-state index in [9.17, 15) is 4.79 Å². The van der Waals surface area contributed by atoms with Crippen LogP contribution < -0.4 is 5.32 Å². The molecule has 1 N–H and O–H groups in total. The Balaban J connectivity index is 1.51. The van der Waals surface area contributed by atoms with Crippen LogP contribution in [0.3, 0.4) is 0 Å². The Hall–Kier alpha value is -1.66. The van der Waals surface area contributed by atoms with Crippen LogP contribution in [0.5, 0.6) is 0 Å². The Morgan fingerprint density at radius 2 is 2.42 bits per heavy atom. The van der Waals surface area contributed by atoms with Gasteiger partial charge in [0.1, 0.15) is 12.4 Å². The fourth-order valence-electron chi connectivity index (χ4n) is 3.59. The van der Waals surface area contributed by atoms with Gasteiger partial charge in [-0.3, -0.25) is 4.79 Å². The number of nitrogens with one attached hydrogen (secondary N) is 1. The second kappa shape index (κ2) is 7.94. The number of anilines is 1. The molecule has 24 heavy (non-hydrogen) atoms. The summed E-state index contributed by atoms with van der Waals surface area (Å²) >= 11 is 0. The fourth-order valence-corrected chi connectivity index (χ4v) is 3.59. The molecular weight excluding hydrogens is 306 g/mol. The molecule has 0 aromatic carbocycles. The first kappa shape index (κ1) is 17.2. The monoisotopic (exact) mass is 333 g/mol. The van der Waals surface area contributed by atoms with Crippen LogP contribution >= 0.6 is 0 Å². The highest BCUT2D eigenvalue weighted by Crippen LogP contribution is 2.36. The van der Waals surface area contributed by atoms with Gasteiger partial charge in [-0.25, -0.2) is 4.98 Å². The Kier molecular flexibility index (Phi) is 5.68. The number of hydrogen-bond acceptors (Lipinski definition) is 5. The van der Waals surface area contributed by atoms with Gasteiger partial charge < -0.3 is 19.7 Å². The molecule has 3 rings (SSSR count). The van der Waals surface area contributed by atoms with Gasteiger partial charge >= 0.3 is 0 Å². The molecule has 0 radical (unpaired) electrons. The molecule has 3 heterocycles. The van der Waals surface area contributed by atoms with Crippen molar-refractivity contribution in [3.05, 3.63) is 24.4 Å². The standard InChI is InChI=1S/C18H27N3O3/c1-2-23-13-17(22)21-11-9-18(14-21)8-5-6-15(24-18)12-20-16-7-3-4-10-19-16/h3-4,7,10,15H,2,5-6,8-9,11-14H2,1H3,(H,19,20)/t15-,18+/m0/s1. The maximum absolute atomic E-state index is 12.1. The number of pyridine rings is 1. The molecule has 1 aromatic rings. The highest BCUT2D eigenvalue weighted by Gasteiger charge is 2.44. The van der Waals surface area contributed by atoms with Crippen LogP contribution in [0.1, 0.15) is 32.6 Å². The summed E-state index contributed by atoms with van der Waals surface area (Å²) in [5.41, 5.74) is -0.170. The zero-order chi connectivity index (χ0) is 16.8. The Bertz CT molecular complexity index is 540. The van der Waals surface area contributed by atoms with E-state index in [1.165, 1.54) is 0 Å². The van der Waals surface area contributed by atoms with E-state index >= 15 is 0 Å². The zero-order valence-corrected chi connectivity index (χ0v) is 14.4. The first-order chi connectivity index (χ1) is 11.7. The molecule has 0 unspecified atom stereocenters. The van der Waals surface area contributed by atoms with E-state index in [-0.39, 0.29) is 24.2 Å². The van der Waals surface area contributed by atoms with Crippen molar-refractivity contribution in [2.45, 2.75) is 44.3 Å². The molecule has 2 saturated heterocycles. The molecule has 0 bridgehead atoms. The lowest BCUT2D eigenvalue weighted by molar-refractivity contribution is -0.140. The summed E-state index contributed by atoms with van der Waals surface area (Å²) in [6, 6.07) is 5.84. The minimum absolute atomic E-state index is 0.0751. The van der Waals surface area contributed by atoms with Gasteiger partial charge in [-0.2, -0.15) is 0 Å². The quantitative estimate of drug-likeness (QED) is 0.863. The molecule has 2 aliphatic rings. The molecule has 1 spiro atoms. The van der Waals surface area contributed by atoms with E-state index in [0.29, 0.717) is 13.2 Å². The van der Waals surface area contributed by atoms with E-state index in [1.807, 2.05) is 30.0 Å². The molecule has 1 amide bonds. The lowest BCUT2D eigenvalue weighted by atomic mass is 9.90. The van der Waals surface area contributed by atoms with Gasteiger partial charge in [-0.15, -0.1) is 0 Å². The summed E-state index contributed by atoms with van der Waals surface area (Å²) in [4.78, 5) is 18.3. The summed E-state index contributed by atoms with van der Waals surface area (Å²) in [5, 5.41) is 3.35. The lowest BCUT2D eigenvalue weighted by Crippen LogP contribution is -2.46. The van der Waals surface area contributed by atoms with Gasteiger partial charge in [-0.05, 0) is 44.7 Å². The Morgan fingerprint density at radius 1 is 1.50 bits per heavy atom. The van der Waals surface area contributed by atoms with Crippen LogP contribution in [0.15, 0.2) is 24.4 Å². The van der Waals surface area contributed by atoms with Crippen molar-refractivity contribution in [2.24, 2.45) is 0 Å². The van der Waals surface area contributed by atoms with Crippen molar-refractivity contribution in [3.63, 3.8) is 0 Å². The molecule has 2 fully saturated rings. The van der Waals surface area contributed by atoms with Crippen molar-refractivity contribution >= 4 is 11.7 Å². The topological polar surface area (TPSA) is 63.7 Å². The molecule has 0 aliphatic carbocycles. The molecule has 1 aromatic heterocycles. The van der Waals surface area contributed by atoms with Gasteiger partial charge in [0.25, 0.3) is 0 Å². The first-order valence-corrected chi connectivity index (χ1v) is 8.89. The summed E-state index contributed by atoms with van der Waals surface area (Å²) in [5.74, 6) is 0.951. The lowest BCUT2D eigenvalue weighted by Gasteiger charge is -2.38. The minimum Gasteiger partial charge on any atom is -0.372 e. The number of carbonyl (C=O) groups excluding carboxylic acids is 1. The minimum atomic E-state index is -0.170. The largest absolute Gasteiger partial charge is 0.372 e. The highest BCUT2D eigenvalue weighted by molar-refractivity contribution is 5.77. The predicted molar refractivity (Wildman–Crippen MR) is 91.9 cm³/mol. The Morgan fingerprint density at radius 3 is 3.21 bits per heavy atom. The fraction of sp³-hybridized carbons (Fsp3) is 0.667. The summed E-state index contributed by atoms with van der Waals surface area (Å²) in [6.07, 6.45) is 6.10. The van der Waals surface area contributed by atoms with Crippen molar-refractivity contribution in [1.82, 2.24) is 9.88 Å². The molecule has 6 nitrogen and oxygen atoms in total. The van der Waals surface area contributed by atoms with E-state index in [0.717, 1.165) is 44.6 Å². The third-order valence-electron chi connectivity index (χ3n) is 4.85. The van der Waals surface area contributed by atoms with Crippen molar-refractivity contribution < 1.29 is 14.3 Å². The van der Waals surface area contributed by atoms with Crippen molar-refractivity contribution in [1.29, 1.82) is 0 Å². The highest BCUT2D eigenvalue weighted by atomic mass is 16.5. The molecule has 2 aliphatic heterocycles. The smallest absolute Gasteiger partial charge is 0.248 e. The summed E-state index contributed by atoms with van der Waals surface area (Å²) in [6.45, 7) is 4.87. The molecule has 6 heteroatoms. The van der Waals surface area contributed by atoms with E-state index in [2.05, 4.69) is 10.3 Å². The van der Waals surface area contributed by atoms with Crippen LogP contribution in [0.2, 0.25) is 0 Å². The Labute approximate surface area is 143 Å². The number of rotatable bonds is 6. The van der Waals surface area contributed by atoms with E-state index in [1.54, 1.807) is 6.20 Å². The zero-order valence-electron chi connectivity index (χ0n) is 14.4. The molecule has 2 atom stereocenters. The van der Waals surface area contributed by atoms with Gasteiger partial charge in [0.15, 0.2) is 0 Å². The third kappa shape index (κ3) is 4.24. The number of hydrogen-bond donors (Lipinski definition) is 1. The maximum Gasteiger partial charge on any atom is 0.248 e. The summed E-state index contributed by atoms with van der Waals surface area (Å²) in [7, 11) is 0. The average Bonchev–Trinajstić information content (AvgIpc) is 3.02. The normalized spacial score (nSPS) is 26.7. The van der Waals surface area contributed by atoms with Gasteiger partial charge in [0.05, 0.1) is 11.7 Å². The second-order valence-electron chi connectivity index (χ2n) is 6.61. The molecule has 132 valence electrons. The SMILES string of the molecule is CCOCC(=O)N1CC[C@]2(CCC[C@@H](CNc3ccccn3)O2)C1. The van der Waals surface area contributed by atoms with E-state index < -0.39 is 0 Å². The van der Waals surface area contributed by atoms with Gasteiger partial charge in [0, 0.05) is 32.4 Å². The number of carbonyl (C=O) groups is 1. The number of ether oxygens (including phenoxy) is 2. The van der Waals surface area contributed by atoms with Crippen LogP contribution in [-0.2, 0) is 14.3 Å². The van der Waals surface area contributed by atoms with Gasteiger partial charge in [0.2, 0.25) is 5.91 Å². The van der Waals surface area contributed by atoms with Crippen LogP contribution in [0, 0.1) is 0 Å². The third-order valence-corrected chi connectivity index (χ3v) is 4.85. The first-order valence-electron chi connectivity index (χ1n) is 8.89.